The van der Waals surface area contributed by atoms with Crippen LogP contribution >= 0.6 is 0 Å². The molecule has 0 aliphatic heterocycles. The van der Waals surface area contributed by atoms with E-state index in [0.717, 1.165) is 0 Å². The second kappa shape index (κ2) is 6.50. The van der Waals surface area contributed by atoms with Gasteiger partial charge in [0, 0.05) is 25.7 Å². The van der Waals surface area contributed by atoms with Gasteiger partial charge in [-0.2, -0.15) is 0 Å². The van der Waals surface area contributed by atoms with Gasteiger partial charge in [-0.25, -0.2) is 12.7 Å². The molecule has 0 amide bonds. The standard InChI is InChI=1S/C13H21N3O4S/c1-13(2,9-14)10-15(3)21(19,20)8-11-4-6-12(7-5-11)16(17)18/h4-7H,8-10,14H2,1-3H3. The number of rotatable bonds is 7. The Kier molecular flexibility index (Phi) is 5.43. The first-order chi connectivity index (χ1) is 9.57. The summed E-state index contributed by atoms with van der Waals surface area (Å²) in [4.78, 5) is 10.0. The molecule has 0 atom stereocenters. The number of benzene rings is 1. The van der Waals surface area contributed by atoms with Gasteiger partial charge in [-0.05, 0) is 17.5 Å². The van der Waals surface area contributed by atoms with Crippen molar-refractivity contribution in [2.75, 3.05) is 20.1 Å². The molecular formula is C13H21N3O4S. The molecule has 1 aromatic rings. The van der Waals surface area contributed by atoms with Crippen LogP contribution in [-0.4, -0.2) is 37.8 Å². The number of nitro benzene ring substituents is 1. The third-order valence-electron chi connectivity index (χ3n) is 3.17. The van der Waals surface area contributed by atoms with Gasteiger partial charge in [-0.15, -0.1) is 0 Å². The molecule has 0 saturated carbocycles. The fourth-order valence-corrected chi connectivity index (χ4v) is 3.18. The van der Waals surface area contributed by atoms with Crippen molar-refractivity contribution in [3.8, 4) is 0 Å². The highest BCUT2D eigenvalue weighted by Crippen LogP contribution is 2.19. The summed E-state index contributed by atoms with van der Waals surface area (Å²) in [5.41, 5.74) is 5.75. The zero-order valence-corrected chi connectivity index (χ0v) is 13.3. The van der Waals surface area contributed by atoms with Crippen LogP contribution in [0.5, 0.6) is 0 Å². The molecule has 8 heteroatoms. The summed E-state index contributed by atoms with van der Waals surface area (Å²) in [6.07, 6.45) is 0. The van der Waals surface area contributed by atoms with Crippen LogP contribution in [0.2, 0.25) is 0 Å². The monoisotopic (exact) mass is 315 g/mol. The minimum Gasteiger partial charge on any atom is -0.330 e. The molecule has 0 fully saturated rings. The molecule has 0 spiro atoms. The van der Waals surface area contributed by atoms with Crippen molar-refractivity contribution in [1.82, 2.24) is 4.31 Å². The molecular weight excluding hydrogens is 294 g/mol. The van der Waals surface area contributed by atoms with Gasteiger partial charge in [0.15, 0.2) is 0 Å². The van der Waals surface area contributed by atoms with Gasteiger partial charge in [-0.3, -0.25) is 10.1 Å². The molecule has 21 heavy (non-hydrogen) atoms. The van der Waals surface area contributed by atoms with Crippen LogP contribution in [0, 0.1) is 15.5 Å². The van der Waals surface area contributed by atoms with Gasteiger partial charge in [0.2, 0.25) is 10.0 Å². The lowest BCUT2D eigenvalue weighted by Gasteiger charge is -2.28. The van der Waals surface area contributed by atoms with Gasteiger partial charge in [0.05, 0.1) is 10.7 Å². The maximum Gasteiger partial charge on any atom is 0.269 e. The highest BCUT2D eigenvalue weighted by Gasteiger charge is 2.26. The fraction of sp³-hybridized carbons (Fsp3) is 0.538. The lowest BCUT2D eigenvalue weighted by molar-refractivity contribution is -0.384. The molecule has 0 aliphatic carbocycles. The minimum absolute atomic E-state index is 0.0613. The van der Waals surface area contributed by atoms with Crippen LogP contribution in [-0.2, 0) is 15.8 Å². The predicted molar refractivity (Wildman–Crippen MR) is 81.2 cm³/mol. The Labute approximate surface area is 124 Å². The third-order valence-corrected chi connectivity index (χ3v) is 4.95. The first-order valence-corrected chi connectivity index (χ1v) is 8.06. The van der Waals surface area contributed by atoms with E-state index in [0.29, 0.717) is 18.7 Å². The van der Waals surface area contributed by atoms with Crippen LogP contribution in [0.15, 0.2) is 24.3 Å². The number of nitro groups is 1. The Hall–Kier alpha value is -1.51. The van der Waals surface area contributed by atoms with E-state index in [2.05, 4.69) is 0 Å². The number of sulfonamides is 1. The molecule has 0 saturated heterocycles. The molecule has 118 valence electrons. The summed E-state index contributed by atoms with van der Waals surface area (Å²) in [6, 6.07) is 5.51. The molecule has 7 nitrogen and oxygen atoms in total. The van der Waals surface area contributed by atoms with Gasteiger partial charge in [0.1, 0.15) is 0 Å². The van der Waals surface area contributed by atoms with Crippen molar-refractivity contribution in [2.24, 2.45) is 11.1 Å². The van der Waals surface area contributed by atoms with Crippen molar-refractivity contribution in [3.63, 3.8) is 0 Å². The largest absolute Gasteiger partial charge is 0.330 e. The zero-order valence-electron chi connectivity index (χ0n) is 12.4. The van der Waals surface area contributed by atoms with E-state index in [4.69, 9.17) is 5.73 Å². The lowest BCUT2D eigenvalue weighted by Crippen LogP contribution is -2.40. The Morgan fingerprint density at radius 1 is 1.29 bits per heavy atom. The topological polar surface area (TPSA) is 107 Å². The second-order valence-corrected chi connectivity index (χ2v) is 7.88. The molecule has 0 unspecified atom stereocenters. The van der Waals surface area contributed by atoms with Crippen LogP contribution in [0.25, 0.3) is 0 Å². The molecule has 1 rings (SSSR count). The van der Waals surface area contributed by atoms with Gasteiger partial charge in [0.25, 0.3) is 5.69 Å². The Morgan fingerprint density at radius 3 is 2.24 bits per heavy atom. The number of hydrogen-bond donors (Lipinski definition) is 1. The van der Waals surface area contributed by atoms with Gasteiger partial charge in [-0.1, -0.05) is 26.0 Å². The van der Waals surface area contributed by atoms with E-state index < -0.39 is 14.9 Å². The highest BCUT2D eigenvalue weighted by atomic mass is 32.2. The van der Waals surface area contributed by atoms with Crippen LogP contribution in [0.3, 0.4) is 0 Å². The van der Waals surface area contributed by atoms with Crippen molar-refractivity contribution < 1.29 is 13.3 Å². The number of hydrogen-bond acceptors (Lipinski definition) is 5. The summed E-state index contributed by atoms with van der Waals surface area (Å²) in [7, 11) is -1.97. The maximum atomic E-state index is 12.3. The Bertz CT molecular complexity index is 596. The van der Waals surface area contributed by atoms with Crippen molar-refractivity contribution in [2.45, 2.75) is 19.6 Å². The number of nitrogens with zero attached hydrogens (tertiary/aromatic N) is 2. The molecule has 0 bridgehead atoms. The normalized spacial score (nSPS) is 12.6. The first-order valence-electron chi connectivity index (χ1n) is 6.45. The predicted octanol–water partition coefficient (Wildman–Crippen LogP) is 1.34. The summed E-state index contributed by atoms with van der Waals surface area (Å²) in [6.45, 7) is 4.49. The lowest BCUT2D eigenvalue weighted by atomic mass is 9.94. The van der Waals surface area contributed by atoms with Crippen LogP contribution in [0.4, 0.5) is 5.69 Å². The molecule has 0 radical (unpaired) electrons. The Balaban J connectivity index is 2.82. The number of non-ortho nitro benzene ring substituents is 1. The highest BCUT2D eigenvalue weighted by molar-refractivity contribution is 7.88. The molecule has 1 aromatic carbocycles. The van der Waals surface area contributed by atoms with Gasteiger partial charge < -0.3 is 5.73 Å². The molecule has 2 N–H and O–H groups in total. The van der Waals surface area contributed by atoms with Crippen LogP contribution in [0.1, 0.15) is 19.4 Å². The average molecular weight is 315 g/mol. The first kappa shape index (κ1) is 17.5. The second-order valence-electron chi connectivity index (χ2n) is 5.80. The van der Waals surface area contributed by atoms with E-state index in [1.807, 2.05) is 13.8 Å². The van der Waals surface area contributed by atoms with E-state index >= 15 is 0 Å². The van der Waals surface area contributed by atoms with E-state index in [-0.39, 0.29) is 16.9 Å². The number of nitrogens with two attached hydrogens (primary N) is 1. The molecule has 0 heterocycles. The summed E-state index contributed by atoms with van der Waals surface area (Å²) in [5, 5.41) is 10.6. The maximum absolute atomic E-state index is 12.3. The van der Waals surface area contributed by atoms with Crippen LogP contribution < -0.4 is 5.73 Å². The van der Waals surface area contributed by atoms with Crippen molar-refractivity contribution >= 4 is 15.7 Å². The molecule has 0 aromatic heterocycles. The third kappa shape index (κ3) is 5.07. The summed E-state index contributed by atoms with van der Waals surface area (Å²) >= 11 is 0. The van der Waals surface area contributed by atoms with Crippen molar-refractivity contribution in [1.29, 1.82) is 0 Å². The smallest absolute Gasteiger partial charge is 0.269 e. The van der Waals surface area contributed by atoms with E-state index in [1.54, 1.807) is 0 Å². The average Bonchev–Trinajstić information content (AvgIpc) is 2.38. The Morgan fingerprint density at radius 2 is 1.81 bits per heavy atom. The molecule has 0 aliphatic rings. The SMILES string of the molecule is CN(CC(C)(C)CN)S(=O)(=O)Cc1ccc([N+](=O)[O-])cc1. The minimum atomic E-state index is -3.48. The van der Waals surface area contributed by atoms with Crippen molar-refractivity contribution in [3.05, 3.63) is 39.9 Å². The van der Waals surface area contributed by atoms with Gasteiger partial charge >= 0.3 is 0 Å². The zero-order chi connectivity index (χ0) is 16.3. The van der Waals surface area contributed by atoms with E-state index in [9.17, 15) is 18.5 Å². The van der Waals surface area contributed by atoms with E-state index in [1.165, 1.54) is 35.6 Å². The quantitative estimate of drug-likeness (QED) is 0.603. The summed E-state index contributed by atoms with van der Waals surface area (Å²) < 4.78 is 25.8. The summed E-state index contributed by atoms with van der Waals surface area (Å²) in [5.74, 6) is -0.192. The fourth-order valence-electron chi connectivity index (χ4n) is 1.80.